The number of ether oxygens (including phenoxy) is 5. The van der Waals surface area contributed by atoms with Gasteiger partial charge in [0, 0.05) is 57.8 Å². The van der Waals surface area contributed by atoms with Crippen LogP contribution in [0.2, 0.25) is 0 Å². The molecule has 0 aliphatic carbocycles. The lowest BCUT2D eigenvalue weighted by Gasteiger charge is -2.49. The van der Waals surface area contributed by atoms with Gasteiger partial charge in [0.1, 0.15) is 35.4 Å². The van der Waals surface area contributed by atoms with Crippen molar-refractivity contribution in [2.75, 3.05) is 14.2 Å². The summed E-state index contributed by atoms with van der Waals surface area (Å²) in [5.41, 5.74) is 0.790. The van der Waals surface area contributed by atoms with Gasteiger partial charge in [0.2, 0.25) is 0 Å². The van der Waals surface area contributed by atoms with Crippen molar-refractivity contribution in [3.05, 3.63) is 34.9 Å². The number of amides is 1. The Morgan fingerprint density at radius 2 is 1.78 bits per heavy atom. The van der Waals surface area contributed by atoms with E-state index in [1.165, 1.54) is 21.1 Å². The number of carbonyl (C=O) groups is 3. The number of phenols is 2. The molecule has 5 N–H and O–H groups in total. The van der Waals surface area contributed by atoms with Crippen molar-refractivity contribution in [2.24, 2.45) is 11.3 Å². The van der Waals surface area contributed by atoms with Gasteiger partial charge in [0.05, 0.1) is 18.3 Å². The first-order chi connectivity index (χ1) is 21.4. The van der Waals surface area contributed by atoms with Gasteiger partial charge >= 0.3 is 11.9 Å². The smallest absolute Gasteiger partial charge is 0.342 e. The first-order valence-electron chi connectivity index (χ1n) is 15.4. The van der Waals surface area contributed by atoms with Gasteiger partial charge in [-0.15, -0.1) is 6.58 Å². The van der Waals surface area contributed by atoms with E-state index in [1.54, 1.807) is 20.8 Å². The van der Waals surface area contributed by atoms with Crippen LogP contribution in [0, 0.1) is 18.3 Å². The zero-order valence-electron chi connectivity index (χ0n) is 27.9. The van der Waals surface area contributed by atoms with Crippen molar-refractivity contribution < 1.29 is 58.5 Å². The zero-order chi connectivity index (χ0) is 34.7. The highest BCUT2D eigenvalue weighted by molar-refractivity contribution is 5.96. The van der Waals surface area contributed by atoms with Gasteiger partial charge in [0.25, 0.3) is 5.91 Å². The van der Waals surface area contributed by atoms with E-state index in [-0.39, 0.29) is 42.7 Å². The fraction of sp³-hybridized carbons (Fsp3) is 0.667. The molecule has 258 valence electrons. The van der Waals surface area contributed by atoms with Gasteiger partial charge in [-0.2, -0.15) is 0 Å². The summed E-state index contributed by atoms with van der Waals surface area (Å²) < 4.78 is 28.6. The van der Waals surface area contributed by atoms with Crippen LogP contribution in [-0.2, 0) is 39.7 Å². The number of esters is 2. The monoisotopic (exact) mass is 651 g/mol. The van der Waals surface area contributed by atoms with Crippen molar-refractivity contribution >= 4 is 17.8 Å². The third kappa shape index (κ3) is 8.18. The summed E-state index contributed by atoms with van der Waals surface area (Å²) in [6, 6.07) is 1.10. The van der Waals surface area contributed by atoms with E-state index in [4.69, 9.17) is 23.7 Å². The topological polar surface area (TPSA) is 190 Å². The van der Waals surface area contributed by atoms with Gasteiger partial charge in [-0.25, -0.2) is 4.79 Å². The second-order valence-corrected chi connectivity index (χ2v) is 13.1. The van der Waals surface area contributed by atoms with E-state index in [0.29, 0.717) is 11.1 Å². The van der Waals surface area contributed by atoms with Gasteiger partial charge in [-0.1, -0.05) is 26.3 Å². The summed E-state index contributed by atoms with van der Waals surface area (Å²) in [7, 11) is 2.74. The number of hydrogen-bond acceptors (Lipinski definition) is 12. The molecule has 2 heterocycles. The van der Waals surface area contributed by atoms with Crippen molar-refractivity contribution in [3.8, 4) is 11.5 Å². The third-order valence-electron chi connectivity index (χ3n) is 9.29. The van der Waals surface area contributed by atoms with Crippen LogP contribution in [0.4, 0.5) is 0 Å². The molecule has 0 saturated carbocycles. The third-order valence-corrected chi connectivity index (χ3v) is 9.29. The lowest BCUT2D eigenvalue weighted by Crippen LogP contribution is -2.60. The number of benzene rings is 1. The Morgan fingerprint density at radius 3 is 2.35 bits per heavy atom. The quantitative estimate of drug-likeness (QED) is 0.119. The first kappa shape index (κ1) is 37.2. The molecule has 46 heavy (non-hydrogen) atoms. The van der Waals surface area contributed by atoms with Crippen molar-refractivity contribution in [3.63, 3.8) is 0 Å². The van der Waals surface area contributed by atoms with Crippen LogP contribution in [0.5, 0.6) is 11.5 Å². The maximum atomic E-state index is 13.0. The Morgan fingerprint density at radius 1 is 1.13 bits per heavy atom. The van der Waals surface area contributed by atoms with Crippen LogP contribution >= 0.6 is 0 Å². The normalized spacial score (nSPS) is 25.7. The Hall–Kier alpha value is -3.23. The molecule has 0 bridgehead atoms. The molecule has 0 aromatic heterocycles. The highest BCUT2D eigenvalue weighted by Crippen LogP contribution is 2.43. The van der Waals surface area contributed by atoms with Crippen LogP contribution in [-0.4, -0.2) is 101 Å². The summed E-state index contributed by atoms with van der Waals surface area (Å²) in [5.74, 6) is -3.17. The van der Waals surface area contributed by atoms with E-state index in [9.17, 15) is 34.8 Å². The number of carbonyl (C=O) groups excluding carboxylic acids is 3. The average Bonchev–Trinajstić information content (AvgIpc) is 2.97. The predicted molar refractivity (Wildman–Crippen MR) is 165 cm³/mol. The van der Waals surface area contributed by atoms with Gasteiger partial charge in [0.15, 0.2) is 12.3 Å². The molecule has 13 heteroatoms. The van der Waals surface area contributed by atoms with Crippen molar-refractivity contribution in [2.45, 2.75) is 116 Å². The number of fused-ring (bicyclic) bond motifs is 1. The molecular formula is C33H49NO12. The number of cyclic esters (lactones) is 1. The minimum absolute atomic E-state index is 0.00808. The Labute approximate surface area is 269 Å². The molecule has 0 radical (unpaired) electrons. The number of aliphatic hydroxyl groups is 2. The number of phenolic OH excluding ortho intramolecular Hbond substituents is 2. The fourth-order valence-electron chi connectivity index (χ4n) is 6.19. The Kier molecular flexibility index (Phi) is 12.2. The largest absolute Gasteiger partial charge is 0.508 e. The molecule has 3 rings (SSSR count). The van der Waals surface area contributed by atoms with Gasteiger partial charge in [-0.3, -0.25) is 9.59 Å². The number of aromatic hydroxyl groups is 2. The highest BCUT2D eigenvalue weighted by Gasteiger charge is 2.50. The molecule has 13 nitrogen and oxygen atoms in total. The fourth-order valence-corrected chi connectivity index (χ4v) is 6.19. The molecule has 1 amide bonds. The molecule has 1 saturated heterocycles. The first-order valence-corrected chi connectivity index (χ1v) is 15.4. The van der Waals surface area contributed by atoms with E-state index in [0.717, 1.165) is 11.6 Å². The number of methoxy groups -OCH3 is 2. The average molecular weight is 652 g/mol. The van der Waals surface area contributed by atoms with Crippen LogP contribution < -0.4 is 5.32 Å². The lowest BCUT2D eigenvalue weighted by molar-refractivity contribution is -0.225. The minimum Gasteiger partial charge on any atom is -0.508 e. The number of nitrogens with one attached hydrogen (secondary N) is 1. The number of rotatable bonds is 13. The molecule has 1 aromatic carbocycles. The van der Waals surface area contributed by atoms with E-state index >= 15 is 0 Å². The molecule has 1 fully saturated rings. The predicted octanol–water partition coefficient (Wildman–Crippen LogP) is 2.42. The van der Waals surface area contributed by atoms with Crippen molar-refractivity contribution in [1.29, 1.82) is 0 Å². The van der Waals surface area contributed by atoms with Crippen LogP contribution in [0.25, 0.3) is 0 Å². The standard InChI is InChI=1S/C33H49NO12/c1-15(2)10-24(42-8)29(39)30(40)34-31(43-9)25-14-27(44-18(5)35)33(6,7)26(45-25)13-21(37)17(4)23-11-19-16(3)20(36)12-22(38)28(19)32(41)46-23/h12,17,21,23-27,29,31,36-39H,1,10-11,13-14H2,2-9H3,(H,34,40)/t17-,21+,23-,24+,25+,26-,27-,29+,31+/m1/s1. The van der Waals surface area contributed by atoms with Crippen LogP contribution in [0.1, 0.15) is 75.4 Å². The Bertz CT molecular complexity index is 1300. The Balaban J connectivity index is 1.82. The molecule has 2 aliphatic rings. The molecule has 2 aliphatic heterocycles. The van der Waals surface area contributed by atoms with E-state index in [1.807, 2.05) is 13.8 Å². The molecule has 0 unspecified atom stereocenters. The zero-order valence-corrected chi connectivity index (χ0v) is 27.9. The maximum Gasteiger partial charge on any atom is 0.342 e. The summed E-state index contributed by atoms with van der Waals surface area (Å²) in [6.07, 6.45) is -6.95. The maximum absolute atomic E-state index is 13.0. The summed E-state index contributed by atoms with van der Waals surface area (Å²) in [5, 5.41) is 45.3. The van der Waals surface area contributed by atoms with Gasteiger partial charge in [-0.05, 0) is 31.4 Å². The molecule has 9 atom stereocenters. The van der Waals surface area contributed by atoms with Crippen LogP contribution in [0.15, 0.2) is 18.2 Å². The second kappa shape index (κ2) is 15.1. The van der Waals surface area contributed by atoms with Crippen molar-refractivity contribution in [1.82, 2.24) is 5.32 Å². The van der Waals surface area contributed by atoms with E-state index < -0.39 is 78.1 Å². The minimum atomic E-state index is -1.53. The number of aliphatic hydroxyl groups excluding tert-OH is 2. The summed E-state index contributed by atoms with van der Waals surface area (Å²) in [6.45, 7) is 13.9. The summed E-state index contributed by atoms with van der Waals surface area (Å²) >= 11 is 0. The lowest BCUT2D eigenvalue weighted by atomic mass is 9.72. The number of hydrogen-bond donors (Lipinski definition) is 5. The van der Waals surface area contributed by atoms with Crippen LogP contribution in [0.3, 0.4) is 0 Å². The molecule has 0 spiro atoms. The highest BCUT2D eigenvalue weighted by atomic mass is 16.6. The second-order valence-electron chi connectivity index (χ2n) is 13.1. The molecular weight excluding hydrogens is 602 g/mol. The van der Waals surface area contributed by atoms with Gasteiger partial charge < -0.3 is 49.4 Å². The SMILES string of the molecule is C=C(C)C[C@H](OC)[C@H](O)C(=O)N[C@@H](OC)[C@@H]1C[C@@H](OC(C)=O)C(C)(C)[C@@H](C[C@H](O)[C@@H](C)[C@H]2Cc3c(C)c(O)cc(O)c3C(=O)O2)O1. The summed E-state index contributed by atoms with van der Waals surface area (Å²) in [4.78, 5) is 38.0. The molecule has 1 aromatic rings. The van der Waals surface area contributed by atoms with E-state index in [2.05, 4.69) is 11.9 Å².